The van der Waals surface area contributed by atoms with Crippen molar-refractivity contribution in [3.05, 3.63) is 47.8 Å². The van der Waals surface area contributed by atoms with Crippen LogP contribution in [0.25, 0.3) is 5.69 Å². The van der Waals surface area contributed by atoms with E-state index in [4.69, 9.17) is 10.00 Å². The van der Waals surface area contributed by atoms with E-state index < -0.39 is 0 Å². The van der Waals surface area contributed by atoms with E-state index in [1.165, 1.54) is 5.69 Å². The molecule has 0 aliphatic carbocycles. The van der Waals surface area contributed by atoms with Gasteiger partial charge in [-0.05, 0) is 37.4 Å². The molecule has 3 heterocycles. The second-order valence-corrected chi connectivity index (χ2v) is 5.40. The van der Waals surface area contributed by atoms with Gasteiger partial charge in [-0.1, -0.05) is 0 Å². The summed E-state index contributed by atoms with van der Waals surface area (Å²) in [6.07, 6.45) is 3.98. The number of ether oxygens (including phenoxy) is 1. The van der Waals surface area contributed by atoms with Crippen LogP contribution in [-0.4, -0.2) is 17.7 Å². The van der Waals surface area contributed by atoms with Crippen molar-refractivity contribution >= 4 is 0 Å². The van der Waals surface area contributed by atoms with Gasteiger partial charge in [0.2, 0.25) is 0 Å². The molecule has 1 fully saturated rings. The minimum atomic E-state index is -0.254. The second-order valence-electron chi connectivity index (χ2n) is 5.40. The van der Waals surface area contributed by atoms with Crippen molar-refractivity contribution < 1.29 is 4.74 Å². The van der Waals surface area contributed by atoms with Crippen LogP contribution in [0.5, 0.6) is 5.75 Å². The molecule has 1 N–H and O–H groups in total. The second kappa shape index (κ2) is 4.12. The normalized spacial score (nSPS) is 18.8. The molecule has 0 bridgehead atoms. The van der Waals surface area contributed by atoms with Gasteiger partial charge in [0.1, 0.15) is 5.75 Å². The van der Waals surface area contributed by atoms with Gasteiger partial charge in [0.05, 0.1) is 23.0 Å². The maximum absolute atomic E-state index is 9.07. The number of piperidine rings is 1. The fourth-order valence-corrected chi connectivity index (χ4v) is 3.28. The first-order chi connectivity index (χ1) is 9.82. The molecule has 4 rings (SSSR count). The topological polar surface area (TPSA) is 50.0 Å². The molecule has 20 heavy (non-hydrogen) atoms. The minimum absolute atomic E-state index is 0.254. The third-order valence-corrected chi connectivity index (χ3v) is 4.28. The number of nitrogens with one attached hydrogen (secondary N) is 1. The highest BCUT2D eigenvalue weighted by molar-refractivity contribution is 5.55. The first-order valence-electron chi connectivity index (χ1n) is 6.94. The summed E-state index contributed by atoms with van der Waals surface area (Å²) in [6.45, 7) is 1.91. The average Bonchev–Trinajstić information content (AvgIpc) is 2.98. The lowest BCUT2D eigenvalue weighted by atomic mass is 9.87. The van der Waals surface area contributed by atoms with E-state index in [1.54, 1.807) is 0 Å². The average molecular weight is 265 g/mol. The lowest BCUT2D eigenvalue weighted by Gasteiger charge is -2.42. The van der Waals surface area contributed by atoms with Crippen molar-refractivity contribution in [1.82, 2.24) is 9.88 Å². The molecule has 2 aliphatic heterocycles. The molecule has 0 saturated carbocycles. The van der Waals surface area contributed by atoms with E-state index in [-0.39, 0.29) is 5.60 Å². The number of rotatable bonds is 0. The Morgan fingerprint density at radius 2 is 2.10 bits per heavy atom. The highest BCUT2D eigenvalue weighted by Gasteiger charge is 2.42. The van der Waals surface area contributed by atoms with Crippen LogP contribution < -0.4 is 10.1 Å². The Bertz CT molecular complexity index is 705. The summed E-state index contributed by atoms with van der Waals surface area (Å²) >= 11 is 0. The lowest BCUT2D eigenvalue weighted by molar-refractivity contribution is 0.0202. The van der Waals surface area contributed by atoms with Gasteiger partial charge in [0.15, 0.2) is 5.60 Å². The summed E-state index contributed by atoms with van der Waals surface area (Å²) < 4.78 is 8.58. The fraction of sp³-hybridized carbons (Fsp3) is 0.312. The first kappa shape index (κ1) is 11.6. The highest BCUT2D eigenvalue weighted by atomic mass is 16.5. The third kappa shape index (κ3) is 1.50. The fourth-order valence-electron chi connectivity index (χ4n) is 3.28. The van der Waals surface area contributed by atoms with Crippen LogP contribution in [0.4, 0.5) is 0 Å². The van der Waals surface area contributed by atoms with Crippen molar-refractivity contribution in [3.63, 3.8) is 0 Å². The molecule has 2 aliphatic rings. The van der Waals surface area contributed by atoms with E-state index in [0.29, 0.717) is 5.56 Å². The molecule has 0 unspecified atom stereocenters. The van der Waals surface area contributed by atoms with Crippen LogP contribution >= 0.6 is 0 Å². The van der Waals surface area contributed by atoms with Crippen LogP contribution in [0.2, 0.25) is 0 Å². The van der Waals surface area contributed by atoms with Gasteiger partial charge < -0.3 is 14.6 Å². The molecule has 4 nitrogen and oxygen atoms in total. The predicted molar refractivity (Wildman–Crippen MR) is 74.9 cm³/mol. The quantitative estimate of drug-likeness (QED) is 0.795. The molecular formula is C16H15N3O. The maximum atomic E-state index is 9.07. The smallest absolute Gasteiger partial charge is 0.152 e. The largest absolute Gasteiger partial charge is 0.479 e. The van der Waals surface area contributed by atoms with E-state index >= 15 is 0 Å². The molecule has 0 amide bonds. The Kier molecular flexibility index (Phi) is 2.38. The SMILES string of the molecule is N#Cc1ccc2c(c1)OC1(CCNCC1)c1cccn1-2. The van der Waals surface area contributed by atoms with Crippen molar-refractivity contribution in [2.24, 2.45) is 0 Å². The van der Waals surface area contributed by atoms with Crippen LogP contribution in [0.1, 0.15) is 24.1 Å². The Balaban J connectivity index is 1.91. The Morgan fingerprint density at radius 3 is 2.90 bits per heavy atom. The maximum Gasteiger partial charge on any atom is 0.152 e. The molecule has 100 valence electrons. The number of hydrogen-bond acceptors (Lipinski definition) is 3. The number of nitriles is 1. The molecule has 1 aromatic carbocycles. The van der Waals surface area contributed by atoms with Gasteiger partial charge >= 0.3 is 0 Å². The molecule has 0 radical (unpaired) electrons. The molecule has 0 atom stereocenters. The summed E-state index contributed by atoms with van der Waals surface area (Å²) in [6, 6.07) is 12.0. The summed E-state index contributed by atoms with van der Waals surface area (Å²) in [4.78, 5) is 0. The van der Waals surface area contributed by atoms with Crippen LogP contribution in [0.15, 0.2) is 36.5 Å². The van der Waals surface area contributed by atoms with Gasteiger partial charge in [0.25, 0.3) is 0 Å². The van der Waals surface area contributed by atoms with E-state index in [1.807, 2.05) is 18.2 Å². The van der Waals surface area contributed by atoms with Gasteiger partial charge in [-0.15, -0.1) is 0 Å². The molecule has 2 aromatic rings. The van der Waals surface area contributed by atoms with Crippen LogP contribution in [-0.2, 0) is 5.60 Å². The summed E-state index contributed by atoms with van der Waals surface area (Å²) in [5.74, 6) is 0.814. The molecule has 1 spiro atoms. The van der Waals surface area contributed by atoms with Crippen LogP contribution in [0.3, 0.4) is 0 Å². The van der Waals surface area contributed by atoms with Crippen LogP contribution in [0, 0.1) is 11.3 Å². The van der Waals surface area contributed by atoms with Crippen molar-refractivity contribution in [3.8, 4) is 17.5 Å². The lowest BCUT2D eigenvalue weighted by Crippen LogP contribution is -2.46. The van der Waals surface area contributed by atoms with Gasteiger partial charge in [0, 0.05) is 25.1 Å². The van der Waals surface area contributed by atoms with Crippen molar-refractivity contribution in [2.45, 2.75) is 18.4 Å². The number of aromatic nitrogens is 1. The standard InChI is InChI=1S/C16H15N3O/c17-11-12-3-4-13-14(10-12)20-16(5-7-18-8-6-16)15-2-1-9-19(13)15/h1-4,9-10,18H,5-8H2. The summed E-state index contributed by atoms with van der Waals surface area (Å²) in [5, 5.41) is 12.5. The van der Waals surface area contributed by atoms with Gasteiger partial charge in [-0.3, -0.25) is 0 Å². The van der Waals surface area contributed by atoms with Crippen molar-refractivity contribution in [2.75, 3.05) is 13.1 Å². The Labute approximate surface area is 117 Å². The highest BCUT2D eigenvalue weighted by Crippen LogP contribution is 2.44. The Morgan fingerprint density at radius 1 is 1.25 bits per heavy atom. The number of nitrogens with zero attached hydrogens (tertiary/aromatic N) is 2. The molecular weight excluding hydrogens is 250 g/mol. The zero-order valence-corrected chi connectivity index (χ0v) is 11.1. The number of benzene rings is 1. The summed E-state index contributed by atoms with van der Waals surface area (Å²) in [5.41, 5.74) is 2.63. The monoisotopic (exact) mass is 265 g/mol. The van der Waals surface area contributed by atoms with E-state index in [0.717, 1.165) is 37.4 Å². The third-order valence-electron chi connectivity index (χ3n) is 4.28. The zero-order chi connectivity index (χ0) is 13.6. The molecule has 4 heteroatoms. The van der Waals surface area contributed by atoms with Gasteiger partial charge in [-0.2, -0.15) is 5.26 Å². The van der Waals surface area contributed by atoms with E-state index in [9.17, 15) is 0 Å². The van der Waals surface area contributed by atoms with Crippen molar-refractivity contribution in [1.29, 1.82) is 5.26 Å². The van der Waals surface area contributed by atoms with Gasteiger partial charge in [-0.25, -0.2) is 0 Å². The summed E-state index contributed by atoms with van der Waals surface area (Å²) in [7, 11) is 0. The first-order valence-corrected chi connectivity index (χ1v) is 6.94. The Hall–Kier alpha value is -2.25. The molecule has 1 saturated heterocycles. The zero-order valence-electron chi connectivity index (χ0n) is 11.1. The predicted octanol–water partition coefficient (Wildman–Crippen LogP) is 2.32. The minimum Gasteiger partial charge on any atom is -0.479 e. The number of fused-ring (bicyclic) bond motifs is 4. The van der Waals surface area contributed by atoms with E-state index in [2.05, 4.69) is 34.3 Å². The number of hydrogen-bond donors (Lipinski definition) is 1. The molecule has 1 aromatic heterocycles.